The van der Waals surface area contributed by atoms with Gasteiger partial charge in [0.15, 0.2) is 0 Å². The molecule has 4 nitrogen and oxygen atoms in total. The molecule has 18 heavy (non-hydrogen) atoms. The predicted molar refractivity (Wildman–Crippen MR) is 76.6 cm³/mol. The number of nitrogens with two attached hydrogens (primary N) is 2. The first kappa shape index (κ1) is 14.4. The molecule has 4 heteroatoms. The second-order valence-electron chi connectivity index (χ2n) is 4.64. The van der Waals surface area contributed by atoms with Gasteiger partial charge in [0, 0.05) is 16.9 Å². The Morgan fingerprint density at radius 2 is 1.78 bits per heavy atom. The minimum Gasteiger partial charge on any atom is -0.399 e. The average molecular weight is 249 g/mol. The molecular weight excluding hydrogens is 226 g/mol. The lowest BCUT2D eigenvalue weighted by molar-refractivity contribution is 0.100. The molecule has 0 unspecified atom stereocenters. The van der Waals surface area contributed by atoms with Gasteiger partial charge in [0.1, 0.15) is 0 Å². The normalized spacial score (nSPS) is 11.3. The van der Waals surface area contributed by atoms with Crippen molar-refractivity contribution in [3.8, 4) is 0 Å². The third-order valence-electron chi connectivity index (χ3n) is 3.74. The molecule has 0 heterocycles. The second-order valence-corrected chi connectivity index (χ2v) is 4.64. The minimum atomic E-state index is -0.435. The molecule has 0 aliphatic rings. The van der Waals surface area contributed by atoms with Crippen molar-refractivity contribution in [3.63, 3.8) is 0 Å². The Bertz CT molecular complexity index is 417. The maximum Gasteiger partial charge on any atom is 0.250 e. The van der Waals surface area contributed by atoms with E-state index in [0.29, 0.717) is 11.3 Å². The van der Waals surface area contributed by atoms with Gasteiger partial charge in [-0.15, -0.1) is 0 Å². The monoisotopic (exact) mass is 249 g/mol. The number of benzene rings is 1. The van der Waals surface area contributed by atoms with Crippen LogP contribution in [0.25, 0.3) is 0 Å². The SMILES string of the molecule is CCC(CC)(CC)Nc1cc(N)ccc1C(N)=O. The van der Waals surface area contributed by atoms with Crippen molar-refractivity contribution in [1.82, 2.24) is 0 Å². The first-order valence-corrected chi connectivity index (χ1v) is 6.45. The average Bonchev–Trinajstić information content (AvgIpc) is 2.36. The van der Waals surface area contributed by atoms with E-state index in [-0.39, 0.29) is 5.54 Å². The van der Waals surface area contributed by atoms with Gasteiger partial charge in [0.2, 0.25) is 0 Å². The van der Waals surface area contributed by atoms with Crippen molar-refractivity contribution >= 4 is 17.3 Å². The van der Waals surface area contributed by atoms with Crippen LogP contribution in [0, 0.1) is 0 Å². The summed E-state index contributed by atoms with van der Waals surface area (Å²) in [6.45, 7) is 6.41. The highest BCUT2D eigenvalue weighted by Gasteiger charge is 2.25. The molecule has 1 amide bonds. The van der Waals surface area contributed by atoms with E-state index in [1.807, 2.05) is 0 Å². The highest BCUT2D eigenvalue weighted by molar-refractivity contribution is 5.99. The molecule has 0 atom stereocenters. The Balaban J connectivity index is 3.16. The largest absolute Gasteiger partial charge is 0.399 e. The Labute approximate surface area is 109 Å². The van der Waals surface area contributed by atoms with Gasteiger partial charge in [-0.25, -0.2) is 0 Å². The Morgan fingerprint density at radius 1 is 1.22 bits per heavy atom. The van der Waals surface area contributed by atoms with Crippen molar-refractivity contribution in [2.45, 2.75) is 45.6 Å². The fourth-order valence-electron chi connectivity index (χ4n) is 2.18. The van der Waals surface area contributed by atoms with Crippen LogP contribution in [0.1, 0.15) is 50.4 Å². The fourth-order valence-corrected chi connectivity index (χ4v) is 2.18. The predicted octanol–water partition coefficient (Wildman–Crippen LogP) is 2.75. The summed E-state index contributed by atoms with van der Waals surface area (Å²) in [6, 6.07) is 5.14. The lowest BCUT2D eigenvalue weighted by Gasteiger charge is -2.33. The molecule has 0 saturated carbocycles. The maximum absolute atomic E-state index is 11.4. The summed E-state index contributed by atoms with van der Waals surface area (Å²) in [5.74, 6) is -0.435. The molecule has 0 saturated heterocycles. The molecule has 0 fully saturated rings. The van der Waals surface area contributed by atoms with Gasteiger partial charge < -0.3 is 16.8 Å². The smallest absolute Gasteiger partial charge is 0.250 e. The van der Waals surface area contributed by atoms with Gasteiger partial charge in [0.25, 0.3) is 5.91 Å². The van der Waals surface area contributed by atoms with Gasteiger partial charge in [-0.3, -0.25) is 4.79 Å². The van der Waals surface area contributed by atoms with Crippen molar-refractivity contribution < 1.29 is 4.79 Å². The van der Waals surface area contributed by atoms with E-state index in [0.717, 1.165) is 24.9 Å². The van der Waals surface area contributed by atoms with Crippen molar-refractivity contribution in [3.05, 3.63) is 23.8 Å². The number of hydrogen-bond donors (Lipinski definition) is 3. The first-order chi connectivity index (χ1) is 8.48. The molecule has 5 N–H and O–H groups in total. The van der Waals surface area contributed by atoms with E-state index in [9.17, 15) is 4.79 Å². The summed E-state index contributed by atoms with van der Waals surface area (Å²) in [5, 5.41) is 3.45. The van der Waals surface area contributed by atoms with E-state index in [1.165, 1.54) is 0 Å². The van der Waals surface area contributed by atoms with Crippen LogP contribution in [0.15, 0.2) is 18.2 Å². The number of carbonyl (C=O) groups excluding carboxylic acids is 1. The number of carbonyl (C=O) groups is 1. The second kappa shape index (κ2) is 5.76. The summed E-state index contributed by atoms with van der Waals surface area (Å²) < 4.78 is 0. The highest BCUT2D eigenvalue weighted by Crippen LogP contribution is 2.28. The highest BCUT2D eigenvalue weighted by atomic mass is 16.1. The van der Waals surface area contributed by atoms with Crippen molar-refractivity contribution in [1.29, 1.82) is 0 Å². The molecule has 0 aromatic heterocycles. The third-order valence-corrected chi connectivity index (χ3v) is 3.74. The quantitative estimate of drug-likeness (QED) is 0.678. The first-order valence-electron chi connectivity index (χ1n) is 6.45. The number of amides is 1. The topological polar surface area (TPSA) is 81.1 Å². The van der Waals surface area contributed by atoms with Gasteiger partial charge >= 0.3 is 0 Å². The van der Waals surface area contributed by atoms with Crippen LogP contribution < -0.4 is 16.8 Å². The molecule has 0 radical (unpaired) electrons. The van der Waals surface area contributed by atoms with Gasteiger partial charge in [-0.05, 0) is 37.5 Å². The summed E-state index contributed by atoms with van der Waals surface area (Å²) in [6.07, 6.45) is 2.94. The van der Waals surface area contributed by atoms with Crippen LogP contribution >= 0.6 is 0 Å². The standard InChI is InChI=1S/C14H23N3O/c1-4-14(5-2,6-3)17-12-9-10(15)7-8-11(12)13(16)18/h7-9,17H,4-6,15H2,1-3H3,(H2,16,18). The molecule has 0 aliphatic heterocycles. The van der Waals surface area contributed by atoms with Gasteiger partial charge in [0.05, 0.1) is 5.56 Å². The van der Waals surface area contributed by atoms with Gasteiger partial charge in [-0.2, -0.15) is 0 Å². The van der Waals surface area contributed by atoms with Crippen LogP contribution in [-0.2, 0) is 0 Å². The van der Waals surface area contributed by atoms with Crippen LogP contribution in [0.4, 0.5) is 11.4 Å². The van der Waals surface area contributed by atoms with Crippen LogP contribution in [0.2, 0.25) is 0 Å². The summed E-state index contributed by atoms with van der Waals surface area (Å²) >= 11 is 0. The Kier molecular flexibility index (Phi) is 4.59. The maximum atomic E-state index is 11.4. The number of rotatable bonds is 6. The Hall–Kier alpha value is -1.71. The van der Waals surface area contributed by atoms with E-state index in [2.05, 4.69) is 26.1 Å². The number of primary amides is 1. The third kappa shape index (κ3) is 2.94. The van der Waals surface area contributed by atoms with Crippen LogP contribution in [0.3, 0.4) is 0 Å². The lowest BCUT2D eigenvalue weighted by Crippen LogP contribution is -2.37. The zero-order valence-corrected chi connectivity index (χ0v) is 11.4. The summed E-state index contributed by atoms with van der Waals surface area (Å²) in [7, 11) is 0. The molecule has 1 aromatic carbocycles. The van der Waals surface area contributed by atoms with E-state index < -0.39 is 5.91 Å². The van der Waals surface area contributed by atoms with Crippen molar-refractivity contribution in [2.24, 2.45) is 5.73 Å². The fraction of sp³-hybridized carbons (Fsp3) is 0.500. The van der Waals surface area contributed by atoms with E-state index >= 15 is 0 Å². The molecule has 1 aromatic rings. The molecule has 0 aliphatic carbocycles. The molecule has 100 valence electrons. The zero-order valence-electron chi connectivity index (χ0n) is 11.4. The molecular formula is C14H23N3O. The van der Waals surface area contributed by atoms with Crippen molar-refractivity contribution in [2.75, 3.05) is 11.1 Å². The summed E-state index contributed by atoms with van der Waals surface area (Å²) in [5.41, 5.74) is 13.0. The number of nitrogen functional groups attached to an aromatic ring is 1. The zero-order chi connectivity index (χ0) is 13.8. The Morgan fingerprint density at radius 3 is 2.22 bits per heavy atom. The van der Waals surface area contributed by atoms with Crippen LogP contribution in [-0.4, -0.2) is 11.4 Å². The van der Waals surface area contributed by atoms with E-state index in [4.69, 9.17) is 11.5 Å². The molecule has 0 bridgehead atoms. The summed E-state index contributed by atoms with van der Waals surface area (Å²) in [4.78, 5) is 11.4. The number of hydrogen-bond acceptors (Lipinski definition) is 3. The van der Waals surface area contributed by atoms with Crippen LogP contribution in [0.5, 0.6) is 0 Å². The van der Waals surface area contributed by atoms with E-state index in [1.54, 1.807) is 18.2 Å². The lowest BCUT2D eigenvalue weighted by atomic mass is 9.89. The van der Waals surface area contributed by atoms with Gasteiger partial charge in [-0.1, -0.05) is 20.8 Å². The minimum absolute atomic E-state index is 0.0159. The molecule has 0 spiro atoms. The molecule has 1 rings (SSSR count). The number of nitrogens with one attached hydrogen (secondary N) is 1. The number of anilines is 2.